The van der Waals surface area contributed by atoms with Gasteiger partial charge < -0.3 is 9.63 Å². The second-order valence-electron chi connectivity index (χ2n) is 10.3. The Bertz CT molecular complexity index is 1520. The minimum absolute atomic E-state index is 0.0195. The maximum absolute atomic E-state index is 13.1. The van der Waals surface area contributed by atoms with E-state index in [1.165, 1.54) is 0 Å². The monoisotopic (exact) mass is 508 g/mol. The standard InChI is InChI=1S/C31H28N2O5/c1-19-26(18-28(34)33(37)27-15-12-22-4-2-3-5-25(22)27)29(38-32-19)23-8-6-20(7-9-23)21-10-13-24(14-11-21)31(16-17-31)30(35)36/h2-11,13-14,27,37H,12,15-18H2,1H3,(H,35,36). The summed E-state index contributed by atoms with van der Waals surface area (Å²) in [7, 11) is 0. The molecule has 1 unspecified atom stereocenters. The summed E-state index contributed by atoms with van der Waals surface area (Å²) in [5, 5.41) is 25.3. The van der Waals surface area contributed by atoms with Crippen molar-refractivity contribution in [1.82, 2.24) is 10.2 Å². The van der Waals surface area contributed by atoms with E-state index in [2.05, 4.69) is 5.16 Å². The van der Waals surface area contributed by atoms with Crippen LogP contribution in [0.4, 0.5) is 0 Å². The van der Waals surface area contributed by atoms with Crippen molar-refractivity contribution in [2.24, 2.45) is 0 Å². The third-order valence-corrected chi connectivity index (χ3v) is 8.04. The Morgan fingerprint density at radius 2 is 1.61 bits per heavy atom. The van der Waals surface area contributed by atoms with E-state index in [0.717, 1.165) is 44.9 Å². The van der Waals surface area contributed by atoms with E-state index in [-0.39, 0.29) is 12.5 Å². The molecule has 0 aliphatic heterocycles. The lowest BCUT2D eigenvalue weighted by molar-refractivity contribution is -0.175. The number of hydroxylamine groups is 2. The number of carbonyl (C=O) groups excluding carboxylic acids is 1. The molecule has 4 aromatic rings. The van der Waals surface area contributed by atoms with Gasteiger partial charge in [-0.05, 0) is 60.4 Å². The lowest BCUT2D eigenvalue weighted by Crippen LogP contribution is -2.32. The number of carboxylic acid groups (broad SMARTS) is 1. The number of nitrogens with zero attached hydrogens (tertiary/aromatic N) is 2. The van der Waals surface area contributed by atoms with Gasteiger partial charge in [-0.15, -0.1) is 0 Å². The predicted molar refractivity (Wildman–Crippen MR) is 141 cm³/mol. The normalized spacial score (nSPS) is 17.2. The summed E-state index contributed by atoms with van der Waals surface area (Å²) >= 11 is 0. The second-order valence-corrected chi connectivity index (χ2v) is 10.3. The third kappa shape index (κ3) is 4.09. The largest absolute Gasteiger partial charge is 0.481 e. The molecule has 1 atom stereocenters. The molecule has 38 heavy (non-hydrogen) atoms. The molecule has 7 nitrogen and oxygen atoms in total. The molecule has 1 fully saturated rings. The van der Waals surface area contributed by atoms with E-state index < -0.39 is 17.3 Å². The number of carboxylic acids is 1. The summed E-state index contributed by atoms with van der Waals surface area (Å²) in [6, 6.07) is 23.0. The zero-order valence-corrected chi connectivity index (χ0v) is 21.1. The number of aromatic nitrogens is 1. The zero-order chi connectivity index (χ0) is 26.4. The van der Waals surface area contributed by atoms with Crippen molar-refractivity contribution in [2.45, 2.75) is 50.5 Å². The van der Waals surface area contributed by atoms with Gasteiger partial charge in [0.1, 0.15) is 0 Å². The Morgan fingerprint density at radius 1 is 0.974 bits per heavy atom. The fourth-order valence-corrected chi connectivity index (χ4v) is 5.57. The van der Waals surface area contributed by atoms with Crippen LogP contribution in [0.3, 0.4) is 0 Å². The minimum Gasteiger partial charge on any atom is -0.481 e. The van der Waals surface area contributed by atoms with Crippen molar-refractivity contribution in [3.63, 3.8) is 0 Å². The Balaban J connectivity index is 1.19. The van der Waals surface area contributed by atoms with Gasteiger partial charge in [0.2, 0.25) is 0 Å². The average Bonchev–Trinajstić information content (AvgIpc) is 3.54. The molecule has 7 heteroatoms. The van der Waals surface area contributed by atoms with Crippen molar-refractivity contribution in [3.8, 4) is 22.5 Å². The lowest BCUT2D eigenvalue weighted by Gasteiger charge is -2.23. The molecule has 192 valence electrons. The second kappa shape index (κ2) is 9.26. The van der Waals surface area contributed by atoms with E-state index >= 15 is 0 Å². The van der Waals surface area contributed by atoms with E-state index in [1.54, 1.807) is 6.92 Å². The van der Waals surface area contributed by atoms with Crippen LogP contribution in [0.1, 0.15) is 53.3 Å². The van der Waals surface area contributed by atoms with Crippen molar-refractivity contribution in [1.29, 1.82) is 0 Å². The van der Waals surface area contributed by atoms with Crippen molar-refractivity contribution >= 4 is 11.9 Å². The Kier molecular flexibility index (Phi) is 5.88. The van der Waals surface area contributed by atoms with Gasteiger partial charge in [-0.1, -0.05) is 78.0 Å². The van der Waals surface area contributed by atoms with Crippen LogP contribution in [0.2, 0.25) is 0 Å². The first kappa shape index (κ1) is 24.1. The summed E-state index contributed by atoms with van der Waals surface area (Å²) < 4.78 is 5.61. The number of hydrogen-bond donors (Lipinski definition) is 2. The fraction of sp³-hybridized carbons (Fsp3) is 0.258. The molecule has 1 heterocycles. The van der Waals surface area contributed by atoms with Gasteiger partial charge >= 0.3 is 5.97 Å². The highest BCUT2D eigenvalue weighted by atomic mass is 16.5. The Morgan fingerprint density at radius 3 is 2.26 bits per heavy atom. The highest BCUT2D eigenvalue weighted by Gasteiger charge is 2.51. The van der Waals surface area contributed by atoms with Gasteiger partial charge in [0.05, 0.1) is 23.6 Å². The molecule has 0 saturated heterocycles. The van der Waals surface area contributed by atoms with Crippen LogP contribution in [-0.4, -0.2) is 32.4 Å². The molecule has 1 aromatic heterocycles. The Hall–Kier alpha value is -4.23. The number of aliphatic carboxylic acids is 1. The molecule has 1 saturated carbocycles. The smallest absolute Gasteiger partial charge is 0.314 e. The van der Waals surface area contributed by atoms with E-state index in [9.17, 15) is 19.9 Å². The Labute approximate surface area is 220 Å². The fourth-order valence-electron chi connectivity index (χ4n) is 5.57. The summed E-state index contributed by atoms with van der Waals surface area (Å²) in [4.78, 5) is 24.7. The lowest BCUT2D eigenvalue weighted by atomic mass is 9.93. The molecular weight excluding hydrogens is 480 g/mol. The summed E-state index contributed by atoms with van der Waals surface area (Å²) in [6.45, 7) is 1.79. The molecular formula is C31H28N2O5. The van der Waals surface area contributed by atoms with E-state index in [0.29, 0.717) is 36.3 Å². The quantitative estimate of drug-likeness (QED) is 0.239. The van der Waals surface area contributed by atoms with Gasteiger partial charge in [-0.25, -0.2) is 5.06 Å². The maximum atomic E-state index is 13.1. The minimum atomic E-state index is -0.761. The van der Waals surface area contributed by atoms with Crippen LogP contribution in [0, 0.1) is 6.92 Å². The van der Waals surface area contributed by atoms with Crippen molar-refractivity contribution in [2.75, 3.05) is 0 Å². The molecule has 2 aliphatic carbocycles. The van der Waals surface area contributed by atoms with Crippen LogP contribution in [0.15, 0.2) is 77.3 Å². The number of benzene rings is 3. The molecule has 6 rings (SSSR count). The first-order valence-corrected chi connectivity index (χ1v) is 12.9. The SMILES string of the molecule is Cc1noc(-c2ccc(-c3ccc(C4(C(=O)O)CC4)cc3)cc2)c1CC(=O)N(O)C1CCc2ccccc21. The van der Waals surface area contributed by atoms with Gasteiger partial charge in [-0.3, -0.25) is 14.8 Å². The molecule has 3 aromatic carbocycles. The van der Waals surface area contributed by atoms with Crippen LogP contribution in [0.5, 0.6) is 0 Å². The molecule has 0 radical (unpaired) electrons. The number of aryl methyl sites for hydroxylation is 2. The number of fused-ring (bicyclic) bond motifs is 1. The zero-order valence-electron chi connectivity index (χ0n) is 21.1. The first-order valence-electron chi connectivity index (χ1n) is 12.9. The van der Waals surface area contributed by atoms with Gasteiger partial charge in [0.25, 0.3) is 5.91 Å². The number of carbonyl (C=O) groups is 2. The summed E-state index contributed by atoms with van der Waals surface area (Å²) in [5.74, 6) is -0.649. The van der Waals surface area contributed by atoms with Crippen LogP contribution in [0.25, 0.3) is 22.5 Å². The highest BCUT2D eigenvalue weighted by molar-refractivity contribution is 5.85. The highest BCUT2D eigenvalue weighted by Crippen LogP contribution is 2.48. The van der Waals surface area contributed by atoms with E-state index in [4.69, 9.17) is 4.52 Å². The van der Waals surface area contributed by atoms with Gasteiger partial charge in [0, 0.05) is 11.1 Å². The first-order chi connectivity index (χ1) is 18.4. The van der Waals surface area contributed by atoms with E-state index in [1.807, 2.05) is 72.8 Å². The number of rotatable bonds is 7. The summed E-state index contributed by atoms with van der Waals surface area (Å²) in [6.07, 6.45) is 2.86. The molecule has 1 amide bonds. The number of hydrogen-bond acceptors (Lipinski definition) is 5. The molecule has 0 bridgehead atoms. The van der Waals surface area contributed by atoms with Crippen LogP contribution >= 0.6 is 0 Å². The number of amides is 1. The predicted octanol–water partition coefficient (Wildman–Crippen LogP) is 5.88. The molecule has 2 aliphatic rings. The van der Waals surface area contributed by atoms with Crippen molar-refractivity contribution < 1.29 is 24.4 Å². The van der Waals surface area contributed by atoms with Gasteiger partial charge in [-0.2, -0.15) is 0 Å². The van der Waals surface area contributed by atoms with Gasteiger partial charge in [0.15, 0.2) is 5.76 Å². The maximum Gasteiger partial charge on any atom is 0.314 e. The molecule has 2 N–H and O–H groups in total. The summed E-state index contributed by atoms with van der Waals surface area (Å²) in [5.41, 5.74) is 6.30. The van der Waals surface area contributed by atoms with Crippen LogP contribution in [-0.2, 0) is 27.8 Å². The average molecular weight is 509 g/mol. The van der Waals surface area contributed by atoms with Crippen molar-refractivity contribution in [3.05, 3.63) is 101 Å². The third-order valence-electron chi connectivity index (χ3n) is 8.04. The van der Waals surface area contributed by atoms with Crippen LogP contribution < -0.4 is 0 Å². The molecule has 0 spiro atoms. The topological polar surface area (TPSA) is 104 Å².